The molecule has 0 aliphatic heterocycles. The molecule has 1 unspecified atom stereocenters. The van der Waals surface area contributed by atoms with Crippen LogP contribution >= 0.6 is 11.6 Å². The quantitative estimate of drug-likeness (QED) is 0.713. The number of rotatable bonds is 6. The number of amides is 1. The molecule has 2 rings (SSSR count). The number of carbonyl (C=O) groups is 2. The van der Waals surface area contributed by atoms with E-state index < -0.39 is 24.6 Å². The number of hydrogen-bond donors (Lipinski definition) is 2. The van der Waals surface area contributed by atoms with Crippen LogP contribution in [0.25, 0.3) is 0 Å². The van der Waals surface area contributed by atoms with E-state index in [1.54, 1.807) is 13.0 Å². The lowest BCUT2D eigenvalue weighted by atomic mass is 10.1. The second-order valence-electron chi connectivity index (χ2n) is 5.58. The number of hydrogen-bond acceptors (Lipinski definition) is 5. The molecule has 0 saturated heterocycles. The second kappa shape index (κ2) is 8.68. The smallest absolute Gasteiger partial charge is 0.387 e. The van der Waals surface area contributed by atoms with Gasteiger partial charge in [0.2, 0.25) is 0 Å². The van der Waals surface area contributed by atoms with Crippen LogP contribution in [-0.4, -0.2) is 29.7 Å². The molecular weight excluding hydrogens is 384 g/mol. The molecule has 0 bridgehead atoms. The molecule has 0 aliphatic carbocycles. The molecule has 1 amide bonds. The fourth-order valence-corrected chi connectivity index (χ4v) is 2.33. The fourth-order valence-electron chi connectivity index (χ4n) is 2.10. The zero-order valence-corrected chi connectivity index (χ0v) is 15.1. The third-order valence-corrected chi connectivity index (χ3v) is 3.74. The maximum Gasteiger partial charge on any atom is 0.387 e. The summed E-state index contributed by atoms with van der Waals surface area (Å²) >= 11 is 5.81. The summed E-state index contributed by atoms with van der Waals surface area (Å²) < 4.78 is 33.7. The van der Waals surface area contributed by atoms with Gasteiger partial charge < -0.3 is 19.9 Å². The normalized spacial score (nSPS) is 11.8. The number of esters is 1. The number of carbonyl (C=O) groups excluding carboxylic acids is 2. The number of anilines is 1. The Morgan fingerprint density at radius 1 is 1.19 bits per heavy atom. The van der Waals surface area contributed by atoms with E-state index in [0.29, 0.717) is 0 Å². The molecule has 0 fully saturated rings. The molecule has 0 aliphatic rings. The first-order valence-electron chi connectivity index (χ1n) is 7.73. The lowest BCUT2D eigenvalue weighted by molar-refractivity contribution is -0.123. The standard InChI is InChI=1S/C18H16ClF2NO5/c1-9-3-5-14(23)12(7-9)17(25)26-10(2)16(24)22-11-4-6-15(13(19)8-11)27-18(20)21/h3-8,10,18,23H,1-2H3,(H,22,24). The monoisotopic (exact) mass is 399 g/mol. The average molecular weight is 400 g/mol. The highest BCUT2D eigenvalue weighted by Gasteiger charge is 2.21. The van der Waals surface area contributed by atoms with Crippen molar-refractivity contribution in [2.45, 2.75) is 26.6 Å². The molecule has 0 heterocycles. The molecular formula is C18H16ClF2NO5. The van der Waals surface area contributed by atoms with E-state index in [-0.39, 0.29) is 27.8 Å². The van der Waals surface area contributed by atoms with Gasteiger partial charge in [0, 0.05) is 5.69 Å². The van der Waals surface area contributed by atoms with Crippen LogP contribution in [0.3, 0.4) is 0 Å². The summed E-state index contributed by atoms with van der Waals surface area (Å²) in [6, 6.07) is 8.10. The second-order valence-corrected chi connectivity index (χ2v) is 5.99. The molecule has 2 aromatic rings. The molecule has 27 heavy (non-hydrogen) atoms. The van der Waals surface area contributed by atoms with E-state index in [4.69, 9.17) is 16.3 Å². The molecule has 6 nitrogen and oxygen atoms in total. The number of phenols is 1. The van der Waals surface area contributed by atoms with E-state index in [9.17, 15) is 23.5 Å². The zero-order valence-electron chi connectivity index (χ0n) is 14.3. The number of phenolic OH excluding ortho intramolecular Hbond substituents is 1. The molecule has 0 radical (unpaired) electrons. The van der Waals surface area contributed by atoms with Crippen LogP contribution in [0.4, 0.5) is 14.5 Å². The highest BCUT2D eigenvalue weighted by atomic mass is 35.5. The van der Waals surface area contributed by atoms with E-state index in [1.807, 2.05) is 0 Å². The van der Waals surface area contributed by atoms with E-state index in [1.165, 1.54) is 37.3 Å². The number of halogens is 3. The van der Waals surface area contributed by atoms with Crippen molar-refractivity contribution < 1.29 is 33.0 Å². The first-order chi connectivity index (χ1) is 12.7. The Morgan fingerprint density at radius 3 is 2.52 bits per heavy atom. The zero-order chi connectivity index (χ0) is 20.1. The van der Waals surface area contributed by atoms with E-state index in [2.05, 4.69) is 10.1 Å². The predicted molar refractivity (Wildman–Crippen MR) is 94.4 cm³/mol. The average Bonchev–Trinajstić information content (AvgIpc) is 2.59. The Kier molecular flexibility index (Phi) is 6.57. The van der Waals surface area contributed by atoms with Crippen LogP contribution < -0.4 is 10.1 Å². The minimum absolute atomic E-state index is 0.0637. The van der Waals surface area contributed by atoms with Gasteiger partial charge in [-0.25, -0.2) is 4.79 Å². The molecule has 0 spiro atoms. The van der Waals surface area contributed by atoms with E-state index in [0.717, 1.165) is 5.56 Å². The summed E-state index contributed by atoms with van der Waals surface area (Å²) in [7, 11) is 0. The minimum Gasteiger partial charge on any atom is -0.507 e. The van der Waals surface area contributed by atoms with Crippen molar-refractivity contribution in [3.8, 4) is 11.5 Å². The highest BCUT2D eigenvalue weighted by molar-refractivity contribution is 6.32. The Balaban J connectivity index is 2.02. The van der Waals surface area contributed by atoms with Gasteiger partial charge in [-0.1, -0.05) is 23.2 Å². The van der Waals surface area contributed by atoms with Crippen LogP contribution in [0.2, 0.25) is 5.02 Å². The van der Waals surface area contributed by atoms with Crippen LogP contribution in [-0.2, 0) is 9.53 Å². The van der Waals surface area contributed by atoms with Crippen molar-refractivity contribution in [1.82, 2.24) is 0 Å². The lowest BCUT2D eigenvalue weighted by Crippen LogP contribution is -2.30. The Morgan fingerprint density at radius 2 is 1.89 bits per heavy atom. The molecule has 2 N–H and O–H groups in total. The molecule has 9 heteroatoms. The van der Waals surface area contributed by atoms with Crippen LogP contribution in [0.5, 0.6) is 11.5 Å². The van der Waals surface area contributed by atoms with Gasteiger partial charge in [0.05, 0.1) is 5.02 Å². The van der Waals surface area contributed by atoms with Crippen molar-refractivity contribution in [3.05, 3.63) is 52.5 Å². The first-order valence-corrected chi connectivity index (χ1v) is 8.11. The summed E-state index contributed by atoms with van der Waals surface area (Å²) in [5.74, 6) is -2.04. The highest BCUT2D eigenvalue weighted by Crippen LogP contribution is 2.29. The summed E-state index contributed by atoms with van der Waals surface area (Å²) in [5.41, 5.74) is 0.872. The third-order valence-electron chi connectivity index (χ3n) is 3.44. The minimum atomic E-state index is -3.03. The van der Waals surface area contributed by atoms with Crippen molar-refractivity contribution in [3.63, 3.8) is 0 Å². The summed E-state index contributed by atoms with van der Waals surface area (Å²) in [5, 5.41) is 12.0. The molecule has 1 atom stereocenters. The van der Waals surface area contributed by atoms with Gasteiger partial charge in [-0.15, -0.1) is 0 Å². The van der Waals surface area contributed by atoms with Crippen LogP contribution in [0.1, 0.15) is 22.8 Å². The van der Waals surface area contributed by atoms with Gasteiger partial charge in [0.1, 0.15) is 17.1 Å². The van der Waals surface area contributed by atoms with Crippen LogP contribution in [0.15, 0.2) is 36.4 Å². The topological polar surface area (TPSA) is 84.9 Å². The lowest BCUT2D eigenvalue weighted by Gasteiger charge is -2.15. The van der Waals surface area contributed by atoms with Crippen molar-refractivity contribution in [2.24, 2.45) is 0 Å². The summed E-state index contributed by atoms with van der Waals surface area (Å²) in [6.07, 6.45) is -1.19. The van der Waals surface area contributed by atoms with Crippen molar-refractivity contribution in [1.29, 1.82) is 0 Å². The first kappa shape index (κ1) is 20.4. The number of nitrogens with one attached hydrogen (secondary N) is 1. The third kappa shape index (κ3) is 5.55. The van der Waals surface area contributed by atoms with Crippen molar-refractivity contribution in [2.75, 3.05) is 5.32 Å². The SMILES string of the molecule is Cc1ccc(O)c(C(=O)OC(C)C(=O)Nc2ccc(OC(F)F)c(Cl)c2)c1. The van der Waals surface area contributed by atoms with Gasteiger partial charge in [0.25, 0.3) is 5.91 Å². The van der Waals surface area contributed by atoms with E-state index >= 15 is 0 Å². The largest absolute Gasteiger partial charge is 0.507 e. The maximum absolute atomic E-state index is 12.2. The molecule has 0 aromatic heterocycles. The number of alkyl halides is 2. The van der Waals surface area contributed by atoms with Gasteiger partial charge in [-0.05, 0) is 44.2 Å². The van der Waals surface area contributed by atoms with Crippen LogP contribution in [0, 0.1) is 6.92 Å². The summed E-state index contributed by atoms with van der Waals surface area (Å²) in [4.78, 5) is 24.3. The Bertz CT molecular complexity index is 860. The summed E-state index contributed by atoms with van der Waals surface area (Å²) in [6.45, 7) is 0.0495. The molecule has 0 saturated carbocycles. The number of benzene rings is 2. The van der Waals surface area contributed by atoms with Gasteiger partial charge >= 0.3 is 12.6 Å². The maximum atomic E-state index is 12.2. The number of aromatic hydroxyl groups is 1. The van der Waals surface area contributed by atoms with Gasteiger partial charge in [0.15, 0.2) is 6.10 Å². The Labute approximate surface area is 158 Å². The number of ether oxygens (including phenoxy) is 2. The number of aryl methyl sites for hydroxylation is 1. The van der Waals surface area contributed by atoms with Gasteiger partial charge in [-0.2, -0.15) is 8.78 Å². The fraction of sp³-hybridized carbons (Fsp3) is 0.222. The molecule has 144 valence electrons. The molecule has 2 aromatic carbocycles. The van der Waals surface area contributed by atoms with Crippen molar-refractivity contribution >= 4 is 29.2 Å². The predicted octanol–water partition coefficient (Wildman–Crippen LogP) is 4.14. The van der Waals surface area contributed by atoms with Gasteiger partial charge in [-0.3, -0.25) is 4.79 Å². The Hall–Kier alpha value is -2.87.